The normalized spacial score (nSPS) is 20.0. The molecule has 2 atom stereocenters. The molecule has 0 N–H and O–H groups in total. The lowest BCUT2D eigenvalue weighted by atomic mass is 10.1. The van der Waals surface area contributed by atoms with Crippen LogP contribution in [0.4, 0.5) is 16.6 Å². The summed E-state index contributed by atoms with van der Waals surface area (Å²) in [4.78, 5) is 45.6. The molecular formula is C34H45N9O4. The fourth-order valence-corrected chi connectivity index (χ4v) is 6.99. The fourth-order valence-electron chi connectivity index (χ4n) is 6.99. The van der Waals surface area contributed by atoms with Gasteiger partial charge in [0.2, 0.25) is 5.95 Å². The van der Waals surface area contributed by atoms with Crippen molar-refractivity contribution in [2.24, 2.45) is 0 Å². The number of rotatable bonds is 8. The SMILES string of the molecule is CCN(CC)C1CN(c2nc(N3CCN(C(=O)OC(C)(C)C)C(CC#N)C3)c3cnn(-c4cccc5c4CC(OC)C5)c(=O)c3n2)C1. The summed E-state index contributed by atoms with van der Waals surface area (Å²) in [5.41, 5.74) is 2.27. The number of hydrogen-bond acceptors (Lipinski definition) is 11. The van der Waals surface area contributed by atoms with E-state index in [4.69, 9.17) is 19.4 Å². The molecule has 1 aromatic carbocycles. The average Bonchev–Trinajstić information content (AvgIpc) is 3.46. The van der Waals surface area contributed by atoms with Gasteiger partial charge in [0.1, 0.15) is 16.9 Å². The molecule has 0 radical (unpaired) electrons. The molecule has 3 aliphatic rings. The molecule has 2 aromatic heterocycles. The number of fused-ring (bicyclic) bond motifs is 2. The third kappa shape index (κ3) is 6.36. The van der Waals surface area contributed by atoms with Crippen molar-refractivity contribution in [2.75, 3.05) is 62.7 Å². The lowest BCUT2D eigenvalue weighted by molar-refractivity contribution is 0.0145. The number of ether oxygens (including phenoxy) is 2. The Hall–Kier alpha value is -4.28. The molecule has 1 aliphatic carbocycles. The Morgan fingerprint density at radius 1 is 1.09 bits per heavy atom. The van der Waals surface area contributed by atoms with Crippen molar-refractivity contribution in [2.45, 2.75) is 77.7 Å². The van der Waals surface area contributed by atoms with Gasteiger partial charge < -0.3 is 24.2 Å². The lowest BCUT2D eigenvalue weighted by Gasteiger charge is -2.45. The number of nitrogens with zero attached hydrogens (tertiary/aromatic N) is 9. The minimum Gasteiger partial charge on any atom is -0.444 e. The molecule has 0 saturated carbocycles. The van der Waals surface area contributed by atoms with Crippen LogP contribution in [-0.2, 0) is 22.3 Å². The number of anilines is 2. The van der Waals surface area contributed by atoms with Crippen LogP contribution in [0.3, 0.4) is 0 Å². The molecule has 2 aliphatic heterocycles. The molecule has 2 fully saturated rings. The number of carbonyl (C=O) groups is 1. The van der Waals surface area contributed by atoms with Crippen molar-refractivity contribution >= 4 is 28.8 Å². The summed E-state index contributed by atoms with van der Waals surface area (Å²) < 4.78 is 12.8. The van der Waals surface area contributed by atoms with Crippen molar-refractivity contribution in [1.29, 1.82) is 5.26 Å². The summed E-state index contributed by atoms with van der Waals surface area (Å²) in [5.74, 6) is 1.08. The number of benzene rings is 1. The quantitative estimate of drug-likeness (QED) is 0.359. The van der Waals surface area contributed by atoms with Crippen LogP contribution in [0.1, 0.15) is 52.2 Å². The third-order valence-corrected chi connectivity index (χ3v) is 9.51. The van der Waals surface area contributed by atoms with Crippen molar-refractivity contribution in [3.8, 4) is 11.8 Å². The predicted octanol–water partition coefficient (Wildman–Crippen LogP) is 3.16. The average molecular weight is 644 g/mol. The van der Waals surface area contributed by atoms with Gasteiger partial charge in [-0.3, -0.25) is 9.69 Å². The highest BCUT2D eigenvalue weighted by atomic mass is 16.6. The van der Waals surface area contributed by atoms with Gasteiger partial charge in [0.05, 0.1) is 41.9 Å². The first-order valence-corrected chi connectivity index (χ1v) is 16.6. The van der Waals surface area contributed by atoms with E-state index in [0.29, 0.717) is 49.2 Å². The van der Waals surface area contributed by atoms with E-state index in [1.165, 1.54) is 4.68 Å². The first-order chi connectivity index (χ1) is 22.5. The second-order valence-electron chi connectivity index (χ2n) is 13.6. The molecular weight excluding hydrogens is 598 g/mol. The molecule has 4 heterocycles. The van der Waals surface area contributed by atoms with Crippen molar-refractivity contribution in [1.82, 2.24) is 29.5 Å². The summed E-state index contributed by atoms with van der Waals surface area (Å²) in [6.45, 7) is 14.4. The topological polar surface area (TPSA) is 133 Å². The van der Waals surface area contributed by atoms with Gasteiger partial charge in [0.15, 0.2) is 0 Å². The number of hydrogen-bond donors (Lipinski definition) is 0. The summed E-state index contributed by atoms with van der Waals surface area (Å²) in [6.07, 6.45) is 2.93. The van der Waals surface area contributed by atoms with E-state index in [-0.39, 0.29) is 23.6 Å². The maximum Gasteiger partial charge on any atom is 0.410 e. The molecule has 0 bridgehead atoms. The zero-order chi connectivity index (χ0) is 33.5. The molecule has 2 saturated heterocycles. The van der Waals surface area contributed by atoms with Gasteiger partial charge in [0.25, 0.3) is 5.56 Å². The minimum atomic E-state index is -0.654. The summed E-state index contributed by atoms with van der Waals surface area (Å²) >= 11 is 0. The van der Waals surface area contributed by atoms with Crippen molar-refractivity contribution < 1.29 is 14.3 Å². The van der Waals surface area contributed by atoms with Crippen LogP contribution in [0.15, 0.2) is 29.2 Å². The number of aromatic nitrogens is 4. The van der Waals surface area contributed by atoms with Crippen LogP contribution >= 0.6 is 0 Å². The van der Waals surface area contributed by atoms with Crippen molar-refractivity contribution in [3.63, 3.8) is 0 Å². The number of piperazine rings is 1. The maximum atomic E-state index is 14.3. The van der Waals surface area contributed by atoms with E-state index in [1.54, 1.807) is 18.2 Å². The Bertz CT molecular complexity index is 1740. The number of likely N-dealkylation sites (N-methyl/N-ethyl adjacent to an activating group) is 1. The van der Waals surface area contributed by atoms with Gasteiger partial charge in [-0.05, 0) is 57.5 Å². The third-order valence-electron chi connectivity index (χ3n) is 9.51. The second-order valence-corrected chi connectivity index (χ2v) is 13.6. The lowest BCUT2D eigenvalue weighted by Crippen LogP contribution is -2.60. The first-order valence-electron chi connectivity index (χ1n) is 16.6. The van der Waals surface area contributed by atoms with E-state index in [0.717, 1.165) is 49.4 Å². The molecule has 6 rings (SSSR count). The van der Waals surface area contributed by atoms with E-state index in [9.17, 15) is 14.9 Å². The Morgan fingerprint density at radius 3 is 2.53 bits per heavy atom. The van der Waals surface area contributed by atoms with Gasteiger partial charge in [0, 0.05) is 52.3 Å². The second kappa shape index (κ2) is 13.1. The largest absolute Gasteiger partial charge is 0.444 e. The van der Waals surface area contributed by atoms with E-state index in [2.05, 4.69) is 40.9 Å². The van der Waals surface area contributed by atoms with Crippen LogP contribution < -0.4 is 15.4 Å². The standard InChI is InChI=1S/C34H45N9O4/c1-7-39(8-2)24-20-41(21-24)32-37-29-27(18-36-43(31(29)44)28-11-9-10-22-16-25(46-6)17-26(22)28)30(38-32)40-14-15-42(23(19-40)12-13-35)33(45)47-34(3,4)5/h9-11,18,23-25H,7-8,12,14-17,19-21H2,1-6H3. The maximum absolute atomic E-state index is 14.3. The van der Waals surface area contributed by atoms with Gasteiger partial charge in [-0.25, -0.2) is 9.78 Å². The molecule has 0 spiro atoms. The highest BCUT2D eigenvalue weighted by molar-refractivity contribution is 5.90. The van der Waals surface area contributed by atoms with E-state index >= 15 is 0 Å². The number of nitriles is 1. The minimum absolute atomic E-state index is 0.0636. The summed E-state index contributed by atoms with van der Waals surface area (Å²) in [6, 6.07) is 8.16. The van der Waals surface area contributed by atoms with E-state index < -0.39 is 17.7 Å². The number of amides is 1. The summed E-state index contributed by atoms with van der Waals surface area (Å²) in [7, 11) is 1.71. The van der Waals surface area contributed by atoms with Crippen LogP contribution in [0.5, 0.6) is 0 Å². The van der Waals surface area contributed by atoms with Crippen molar-refractivity contribution in [3.05, 3.63) is 45.9 Å². The van der Waals surface area contributed by atoms with E-state index in [1.807, 2.05) is 37.8 Å². The molecule has 250 valence electrons. The zero-order valence-corrected chi connectivity index (χ0v) is 28.3. The summed E-state index contributed by atoms with van der Waals surface area (Å²) in [5, 5.41) is 14.9. The Labute approximate surface area is 275 Å². The van der Waals surface area contributed by atoms with Crippen LogP contribution in [-0.4, -0.2) is 112 Å². The Kier molecular flexibility index (Phi) is 9.09. The number of methoxy groups -OCH3 is 1. The monoisotopic (exact) mass is 643 g/mol. The van der Waals surface area contributed by atoms with Gasteiger partial charge in [-0.15, -0.1) is 0 Å². The molecule has 47 heavy (non-hydrogen) atoms. The molecule has 13 heteroatoms. The van der Waals surface area contributed by atoms with Gasteiger partial charge in [-0.1, -0.05) is 26.0 Å². The number of carbonyl (C=O) groups excluding carboxylic acids is 1. The zero-order valence-electron chi connectivity index (χ0n) is 28.3. The predicted molar refractivity (Wildman–Crippen MR) is 179 cm³/mol. The Morgan fingerprint density at radius 2 is 1.85 bits per heavy atom. The van der Waals surface area contributed by atoms with Crippen LogP contribution in [0.25, 0.3) is 16.6 Å². The Balaban J connectivity index is 1.40. The fraction of sp³-hybridized carbons (Fsp3) is 0.588. The van der Waals surface area contributed by atoms with Gasteiger partial charge >= 0.3 is 6.09 Å². The van der Waals surface area contributed by atoms with Crippen LogP contribution in [0, 0.1) is 11.3 Å². The van der Waals surface area contributed by atoms with Gasteiger partial charge in [-0.2, -0.15) is 20.0 Å². The molecule has 13 nitrogen and oxygen atoms in total. The molecule has 1 amide bonds. The molecule has 2 unspecified atom stereocenters. The van der Waals surface area contributed by atoms with Crippen LogP contribution in [0.2, 0.25) is 0 Å². The smallest absolute Gasteiger partial charge is 0.410 e. The highest BCUT2D eigenvalue weighted by Gasteiger charge is 2.37. The first kappa shape index (κ1) is 32.7. The highest BCUT2D eigenvalue weighted by Crippen LogP contribution is 2.32. The molecule has 3 aromatic rings.